The molecule has 0 radical (unpaired) electrons. The van der Waals surface area contributed by atoms with Crippen LogP contribution in [0.1, 0.15) is 38.6 Å². The van der Waals surface area contributed by atoms with Gasteiger partial charge in [0.05, 0.1) is 17.1 Å². The van der Waals surface area contributed by atoms with Crippen LogP contribution in [0.3, 0.4) is 0 Å². The van der Waals surface area contributed by atoms with Crippen molar-refractivity contribution in [2.24, 2.45) is 7.05 Å². The second-order valence-corrected chi connectivity index (χ2v) is 7.70. The molecule has 0 bridgehead atoms. The Morgan fingerprint density at radius 1 is 1.45 bits per heavy atom. The molecule has 108 valence electrons. The van der Waals surface area contributed by atoms with Crippen LogP contribution < -0.4 is 5.32 Å². The number of thioether (sulfide) groups is 1. The van der Waals surface area contributed by atoms with Gasteiger partial charge in [-0.05, 0) is 44.6 Å². The molecule has 1 aliphatic heterocycles. The Hall–Kier alpha value is -1.00. The molecule has 1 N–H and O–H groups in total. The van der Waals surface area contributed by atoms with E-state index in [4.69, 9.17) is 4.98 Å². The van der Waals surface area contributed by atoms with Crippen LogP contribution in [0.25, 0.3) is 11.0 Å². The zero-order chi connectivity index (χ0) is 14.2. The van der Waals surface area contributed by atoms with Crippen molar-refractivity contribution in [1.29, 1.82) is 0 Å². The molecular weight excluding hydrogens is 266 g/mol. The third-order valence-electron chi connectivity index (χ3n) is 4.29. The van der Waals surface area contributed by atoms with Gasteiger partial charge in [0.15, 0.2) is 0 Å². The number of para-hydroxylation sites is 2. The third-order valence-corrected chi connectivity index (χ3v) is 5.83. The van der Waals surface area contributed by atoms with Crippen molar-refractivity contribution in [1.82, 2.24) is 14.9 Å². The van der Waals surface area contributed by atoms with Crippen LogP contribution in [0.4, 0.5) is 0 Å². The number of aromatic nitrogens is 2. The van der Waals surface area contributed by atoms with Gasteiger partial charge in [-0.25, -0.2) is 4.98 Å². The van der Waals surface area contributed by atoms with Gasteiger partial charge < -0.3 is 9.88 Å². The Labute approximate surface area is 125 Å². The summed E-state index contributed by atoms with van der Waals surface area (Å²) in [5.41, 5.74) is 2.29. The number of imidazole rings is 1. The SMILES string of the molecule is CC(NCC1(C)CCCS1)c1nc2ccccc2n1C. The summed E-state index contributed by atoms with van der Waals surface area (Å²) in [5.74, 6) is 2.43. The number of nitrogens with zero attached hydrogens (tertiary/aromatic N) is 2. The number of fused-ring (bicyclic) bond motifs is 1. The van der Waals surface area contributed by atoms with Crippen molar-refractivity contribution >= 4 is 22.8 Å². The minimum absolute atomic E-state index is 0.283. The first kappa shape index (κ1) is 14.0. The molecule has 0 saturated carbocycles. The van der Waals surface area contributed by atoms with Gasteiger partial charge in [-0.15, -0.1) is 0 Å². The summed E-state index contributed by atoms with van der Waals surface area (Å²) < 4.78 is 2.61. The minimum atomic E-state index is 0.283. The lowest BCUT2D eigenvalue weighted by Gasteiger charge is -2.25. The van der Waals surface area contributed by atoms with Crippen LogP contribution in [-0.2, 0) is 7.05 Å². The Bertz CT molecular complexity index is 599. The third kappa shape index (κ3) is 2.59. The van der Waals surface area contributed by atoms with Crippen LogP contribution in [0.15, 0.2) is 24.3 Å². The fourth-order valence-electron chi connectivity index (χ4n) is 2.99. The molecule has 2 heterocycles. The summed E-state index contributed by atoms with van der Waals surface area (Å²) in [4.78, 5) is 4.77. The van der Waals surface area contributed by atoms with E-state index in [0.717, 1.165) is 17.9 Å². The summed E-state index contributed by atoms with van der Waals surface area (Å²) in [6.07, 6.45) is 2.67. The number of hydrogen-bond donors (Lipinski definition) is 1. The minimum Gasteiger partial charge on any atom is -0.330 e. The number of nitrogens with one attached hydrogen (secondary N) is 1. The number of rotatable bonds is 4. The topological polar surface area (TPSA) is 29.9 Å². The van der Waals surface area contributed by atoms with Crippen LogP contribution in [0.2, 0.25) is 0 Å². The van der Waals surface area contributed by atoms with Gasteiger partial charge in [0.1, 0.15) is 5.82 Å². The molecule has 3 rings (SSSR count). The van der Waals surface area contributed by atoms with Gasteiger partial charge in [0.25, 0.3) is 0 Å². The second kappa shape index (κ2) is 5.41. The highest BCUT2D eigenvalue weighted by Crippen LogP contribution is 2.37. The normalized spacial score (nSPS) is 24.4. The first-order valence-electron chi connectivity index (χ1n) is 7.38. The van der Waals surface area contributed by atoms with E-state index < -0.39 is 0 Å². The molecule has 0 aliphatic carbocycles. The highest BCUT2D eigenvalue weighted by atomic mass is 32.2. The molecule has 0 amide bonds. The molecule has 0 spiro atoms. The average Bonchev–Trinajstić information content (AvgIpc) is 3.02. The predicted octanol–water partition coefficient (Wildman–Crippen LogP) is 3.51. The lowest BCUT2D eigenvalue weighted by molar-refractivity contribution is 0.471. The summed E-state index contributed by atoms with van der Waals surface area (Å²) in [6, 6.07) is 8.62. The van der Waals surface area contributed by atoms with Crippen LogP contribution in [0.5, 0.6) is 0 Å². The van der Waals surface area contributed by atoms with E-state index in [0.29, 0.717) is 4.75 Å². The Morgan fingerprint density at radius 3 is 2.95 bits per heavy atom. The molecule has 20 heavy (non-hydrogen) atoms. The molecule has 2 aromatic rings. The molecule has 1 aromatic heterocycles. The quantitative estimate of drug-likeness (QED) is 0.934. The molecule has 1 fully saturated rings. The fourth-order valence-corrected chi connectivity index (χ4v) is 4.24. The van der Waals surface area contributed by atoms with E-state index in [1.165, 1.54) is 24.1 Å². The smallest absolute Gasteiger partial charge is 0.126 e. The van der Waals surface area contributed by atoms with Crippen LogP contribution in [-0.4, -0.2) is 26.6 Å². The van der Waals surface area contributed by atoms with Crippen molar-refractivity contribution in [3.8, 4) is 0 Å². The highest BCUT2D eigenvalue weighted by molar-refractivity contribution is 8.00. The van der Waals surface area contributed by atoms with Crippen LogP contribution in [0, 0.1) is 0 Å². The van der Waals surface area contributed by atoms with E-state index >= 15 is 0 Å². The predicted molar refractivity (Wildman–Crippen MR) is 87.2 cm³/mol. The first-order valence-corrected chi connectivity index (χ1v) is 8.36. The van der Waals surface area contributed by atoms with Crippen molar-refractivity contribution in [2.45, 2.75) is 37.5 Å². The number of hydrogen-bond acceptors (Lipinski definition) is 3. The largest absolute Gasteiger partial charge is 0.330 e. The van der Waals surface area contributed by atoms with Gasteiger partial charge in [-0.3, -0.25) is 0 Å². The second-order valence-electron chi connectivity index (χ2n) is 6.02. The first-order chi connectivity index (χ1) is 9.59. The van der Waals surface area contributed by atoms with E-state index in [1.807, 2.05) is 6.07 Å². The average molecular weight is 289 g/mol. The zero-order valence-electron chi connectivity index (χ0n) is 12.5. The van der Waals surface area contributed by atoms with Crippen molar-refractivity contribution < 1.29 is 0 Å². The monoisotopic (exact) mass is 289 g/mol. The van der Waals surface area contributed by atoms with Gasteiger partial charge in [0.2, 0.25) is 0 Å². The molecule has 3 nitrogen and oxygen atoms in total. The van der Waals surface area contributed by atoms with E-state index in [2.05, 4.69) is 60.7 Å². The Balaban J connectivity index is 1.75. The molecule has 1 saturated heterocycles. The summed E-state index contributed by atoms with van der Waals surface area (Å²) >= 11 is 2.10. The van der Waals surface area contributed by atoms with Gasteiger partial charge in [0, 0.05) is 18.3 Å². The maximum absolute atomic E-state index is 4.77. The molecular formula is C16H23N3S. The zero-order valence-corrected chi connectivity index (χ0v) is 13.3. The van der Waals surface area contributed by atoms with Gasteiger partial charge in [-0.1, -0.05) is 12.1 Å². The van der Waals surface area contributed by atoms with E-state index in [-0.39, 0.29) is 6.04 Å². The Kier molecular flexibility index (Phi) is 3.78. The number of benzene rings is 1. The van der Waals surface area contributed by atoms with Crippen molar-refractivity contribution in [2.75, 3.05) is 12.3 Å². The van der Waals surface area contributed by atoms with E-state index in [1.54, 1.807) is 0 Å². The molecule has 2 unspecified atom stereocenters. The van der Waals surface area contributed by atoms with Crippen LogP contribution >= 0.6 is 11.8 Å². The van der Waals surface area contributed by atoms with Crippen molar-refractivity contribution in [3.05, 3.63) is 30.1 Å². The maximum atomic E-state index is 4.77. The lowest BCUT2D eigenvalue weighted by Crippen LogP contribution is -2.35. The molecule has 1 aromatic carbocycles. The highest BCUT2D eigenvalue weighted by Gasteiger charge is 2.30. The van der Waals surface area contributed by atoms with E-state index in [9.17, 15) is 0 Å². The standard InChI is InChI=1S/C16H23N3S/c1-12(17-11-16(2)9-6-10-20-16)15-18-13-7-4-5-8-14(13)19(15)3/h4-5,7-8,12,17H,6,9-11H2,1-3H3. The summed E-state index contributed by atoms with van der Waals surface area (Å²) in [6.45, 7) is 5.64. The Morgan fingerprint density at radius 2 is 2.25 bits per heavy atom. The summed E-state index contributed by atoms with van der Waals surface area (Å²) in [5, 5.41) is 3.68. The van der Waals surface area contributed by atoms with Crippen molar-refractivity contribution in [3.63, 3.8) is 0 Å². The summed E-state index contributed by atoms with van der Waals surface area (Å²) in [7, 11) is 2.11. The number of aryl methyl sites for hydroxylation is 1. The van der Waals surface area contributed by atoms with Gasteiger partial charge >= 0.3 is 0 Å². The molecule has 2 atom stereocenters. The lowest BCUT2D eigenvalue weighted by atomic mass is 10.1. The molecule has 4 heteroatoms. The maximum Gasteiger partial charge on any atom is 0.126 e. The molecule has 1 aliphatic rings. The van der Waals surface area contributed by atoms with Gasteiger partial charge in [-0.2, -0.15) is 11.8 Å². The fraction of sp³-hybridized carbons (Fsp3) is 0.562.